The maximum absolute atomic E-state index is 5.98. The van der Waals surface area contributed by atoms with Crippen LogP contribution in [0.1, 0.15) is 42.9 Å². The van der Waals surface area contributed by atoms with E-state index in [1.807, 2.05) is 0 Å². The molecule has 1 atom stereocenters. The lowest BCUT2D eigenvalue weighted by molar-refractivity contribution is 0.0391. The molecule has 88 valence electrons. The van der Waals surface area contributed by atoms with Gasteiger partial charge in [-0.15, -0.1) is 0 Å². The van der Waals surface area contributed by atoms with E-state index in [9.17, 15) is 0 Å². The van der Waals surface area contributed by atoms with E-state index in [2.05, 4.69) is 36.9 Å². The zero-order chi connectivity index (χ0) is 11.2. The third kappa shape index (κ3) is 3.02. The maximum atomic E-state index is 5.98. The highest BCUT2D eigenvalue weighted by Gasteiger charge is 2.19. The SMILES string of the molecule is SCCCCOC1CCCc2ccccc21. The largest absolute Gasteiger partial charge is 0.374 e. The molecular formula is C14H20OS. The summed E-state index contributed by atoms with van der Waals surface area (Å²) in [7, 11) is 0. The van der Waals surface area contributed by atoms with Crippen molar-refractivity contribution < 1.29 is 4.74 Å². The molecule has 0 aliphatic heterocycles. The Bertz CT molecular complexity index is 324. The molecule has 0 spiro atoms. The minimum Gasteiger partial charge on any atom is -0.374 e. The zero-order valence-electron chi connectivity index (χ0n) is 9.69. The van der Waals surface area contributed by atoms with Gasteiger partial charge in [0, 0.05) is 6.61 Å². The summed E-state index contributed by atoms with van der Waals surface area (Å²) in [6.07, 6.45) is 6.27. The molecule has 0 saturated carbocycles. The minimum atomic E-state index is 0.338. The van der Waals surface area contributed by atoms with Gasteiger partial charge >= 0.3 is 0 Å². The molecule has 0 fully saturated rings. The van der Waals surface area contributed by atoms with Crippen LogP contribution in [0.4, 0.5) is 0 Å². The zero-order valence-corrected chi connectivity index (χ0v) is 10.6. The van der Waals surface area contributed by atoms with Gasteiger partial charge in [-0.2, -0.15) is 12.6 Å². The second kappa shape index (κ2) is 6.31. The van der Waals surface area contributed by atoms with Gasteiger partial charge in [0.1, 0.15) is 0 Å². The summed E-state index contributed by atoms with van der Waals surface area (Å²) in [5.74, 6) is 0.963. The molecule has 0 N–H and O–H groups in total. The van der Waals surface area contributed by atoms with Crippen LogP contribution in [-0.2, 0) is 11.2 Å². The number of thiol groups is 1. The van der Waals surface area contributed by atoms with E-state index in [1.54, 1.807) is 0 Å². The van der Waals surface area contributed by atoms with Gasteiger partial charge in [0.05, 0.1) is 6.10 Å². The number of hydrogen-bond donors (Lipinski definition) is 1. The topological polar surface area (TPSA) is 9.23 Å². The molecule has 1 aromatic rings. The van der Waals surface area contributed by atoms with Gasteiger partial charge < -0.3 is 4.74 Å². The minimum absolute atomic E-state index is 0.338. The Hall–Kier alpha value is -0.470. The number of benzene rings is 1. The number of unbranched alkanes of at least 4 members (excludes halogenated alkanes) is 1. The lowest BCUT2D eigenvalue weighted by atomic mass is 9.89. The Balaban J connectivity index is 1.91. The molecule has 0 aromatic heterocycles. The van der Waals surface area contributed by atoms with E-state index >= 15 is 0 Å². The average Bonchev–Trinajstić information content (AvgIpc) is 2.35. The third-order valence-electron chi connectivity index (χ3n) is 3.19. The first kappa shape index (κ1) is 12.0. The molecule has 16 heavy (non-hydrogen) atoms. The molecule has 0 saturated heterocycles. The Morgan fingerprint density at radius 2 is 2.12 bits per heavy atom. The van der Waals surface area contributed by atoms with Crippen LogP contribution in [-0.4, -0.2) is 12.4 Å². The van der Waals surface area contributed by atoms with Crippen LogP contribution in [0.3, 0.4) is 0 Å². The number of rotatable bonds is 5. The van der Waals surface area contributed by atoms with Crippen LogP contribution in [0.15, 0.2) is 24.3 Å². The second-order valence-electron chi connectivity index (χ2n) is 4.38. The predicted octanol–water partition coefficient (Wildman–Crippen LogP) is 3.79. The molecule has 0 amide bonds. The second-order valence-corrected chi connectivity index (χ2v) is 4.83. The van der Waals surface area contributed by atoms with E-state index in [0.29, 0.717) is 6.10 Å². The van der Waals surface area contributed by atoms with Gasteiger partial charge in [0.15, 0.2) is 0 Å². The van der Waals surface area contributed by atoms with Crippen LogP contribution in [0.25, 0.3) is 0 Å². The van der Waals surface area contributed by atoms with Crippen LogP contribution in [0.5, 0.6) is 0 Å². The quantitative estimate of drug-likeness (QED) is 0.604. The van der Waals surface area contributed by atoms with Crippen LogP contribution < -0.4 is 0 Å². The summed E-state index contributed by atoms with van der Waals surface area (Å²) in [6, 6.07) is 8.70. The van der Waals surface area contributed by atoms with Crippen LogP contribution in [0, 0.1) is 0 Å². The third-order valence-corrected chi connectivity index (χ3v) is 3.50. The van der Waals surface area contributed by atoms with Crippen molar-refractivity contribution in [3.63, 3.8) is 0 Å². The van der Waals surface area contributed by atoms with E-state index in [4.69, 9.17) is 4.74 Å². The van der Waals surface area contributed by atoms with Gasteiger partial charge in [-0.3, -0.25) is 0 Å². The van der Waals surface area contributed by atoms with E-state index in [-0.39, 0.29) is 0 Å². The summed E-state index contributed by atoms with van der Waals surface area (Å²) >= 11 is 4.21. The molecule has 1 aliphatic rings. The van der Waals surface area contributed by atoms with Crippen molar-refractivity contribution >= 4 is 12.6 Å². The van der Waals surface area contributed by atoms with Gasteiger partial charge in [-0.25, -0.2) is 0 Å². The van der Waals surface area contributed by atoms with Crippen LogP contribution in [0.2, 0.25) is 0 Å². The molecule has 1 aromatic carbocycles. The summed E-state index contributed by atoms with van der Waals surface area (Å²) in [5.41, 5.74) is 2.90. The average molecular weight is 236 g/mol. The van der Waals surface area contributed by atoms with Crippen molar-refractivity contribution in [2.45, 2.75) is 38.2 Å². The number of fused-ring (bicyclic) bond motifs is 1. The Labute approximate surface area is 104 Å². The van der Waals surface area contributed by atoms with Crippen molar-refractivity contribution in [3.8, 4) is 0 Å². The van der Waals surface area contributed by atoms with Crippen molar-refractivity contribution in [2.24, 2.45) is 0 Å². The molecule has 2 heteroatoms. The monoisotopic (exact) mass is 236 g/mol. The van der Waals surface area contributed by atoms with E-state index in [0.717, 1.165) is 25.2 Å². The standard InChI is InChI=1S/C14H20OS/c16-11-4-3-10-15-14-9-5-7-12-6-1-2-8-13(12)14/h1-2,6,8,14,16H,3-5,7,9-11H2. The van der Waals surface area contributed by atoms with Crippen molar-refractivity contribution in [3.05, 3.63) is 35.4 Å². The fraction of sp³-hybridized carbons (Fsp3) is 0.571. The first-order valence-electron chi connectivity index (χ1n) is 6.22. The van der Waals surface area contributed by atoms with Gasteiger partial charge in [0.25, 0.3) is 0 Å². The lowest BCUT2D eigenvalue weighted by Crippen LogP contribution is -2.13. The maximum Gasteiger partial charge on any atom is 0.0827 e. The number of hydrogen-bond acceptors (Lipinski definition) is 2. The number of aryl methyl sites for hydroxylation is 1. The lowest BCUT2D eigenvalue weighted by Gasteiger charge is -2.25. The molecule has 1 unspecified atom stereocenters. The smallest absolute Gasteiger partial charge is 0.0827 e. The van der Waals surface area contributed by atoms with Crippen LogP contribution >= 0.6 is 12.6 Å². The van der Waals surface area contributed by atoms with E-state index in [1.165, 1.54) is 30.4 Å². The fourth-order valence-electron chi connectivity index (χ4n) is 2.32. The first-order chi connectivity index (χ1) is 7.92. The summed E-state index contributed by atoms with van der Waals surface area (Å²) in [6.45, 7) is 0.875. The van der Waals surface area contributed by atoms with Crippen molar-refractivity contribution in [1.29, 1.82) is 0 Å². The summed E-state index contributed by atoms with van der Waals surface area (Å²) in [5, 5.41) is 0. The molecule has 1 nitrogen and oxygen atoms in total. The highest BCUT2D eigenvalue weighted by Crippen LogP contribution is 2.32. The van der Waals surface area contributed by atoms with Crippen molar-refractivity contribution in [2.75, 3.05) is 12.4 Å². The molecule has 0 heterocycles. The highest BCUT2D eigenvalue weighted by molar-refractivity contribution is 7.80. The normalized spacial score (nSPS) is 19.4. The van der Waals surface area contributed by atoms with Gasteiger partial charge in [-0.05, 0) is 49.0 Å². The Morgan fingerprint density at radius 3 is 3.00 bits per heavy atom. The fourth-order valence-corrected chi connectivity index (χ4v) is 2.55. The highest BCUT2D eigenvalue weighted by atomic mass is 32.1. The summed E-state index contributed by atoms with van der Waals surface area (Å²) in [4.78, 5) is 0. The Morgan fingerprint density at radius 1 is 1.25 bits per heavy atom. The van der Waals surface area contributed by atoms with E-state index < -0.39 is 0 Å². The first-order valence-corrected chi connectivity index (χ1v) is 6.85. The van der Waals surface area contributed by atoms with Gasteiger partial charge in [-0.1, -0.05) is 24.3 Å². The molecule has 0 bridgehead atoms. The molecular weight excluding hydrogens is 216 g/mol. The molecule has 2 rings (SSSR count). The molecule has 0 radical (unpaired) electrons. The molecule has 1 aliphatic carbocycles. The van der Waals surface area contributed by atoms with Gasteiger partial charge in [0.2, 0.25) is 0 Å². The number of ether oxygens (including phenoxy) is 1. The summed E-state index contributed by atoms with van der Waals surface area (Å²) < 4.78 is 5.98. The Kier molecular flexibility index (Phi) is 4.73. The predicted molar refractivity (Wildman–Crippen MR) is 71.2 cm³/mol. The van der Waals surface area contributed by atoms with Crippen molar-refractivity contribution in [1.82, 2.24) is 0 Å².